The Bertz CT molecular complexity index is 684. The van der Waals surface area contributed by atoms with Crippen LogP contribution in [0.4, 0.5) is 0 Å². The van der Waals surface area contributed by atoms with Gasteiger partial charge in [-0.1, -0.05) is 11.6 Å². The molecule has 2 heterocycles. The molecule has 1 fully saturated rings. The number of carbonyl (C=O) groups excluding carboxylic acids is 1. The van der Waals surface area contributed by atoms with E-state index in [2.05, 4.69) is 4.98 Å². The summed E-state index contributed by atoms with van der Waals surface area (Å²) in [7, 11) is 0. The molecule has 6 heteroatoms. The summed E-state index contributed by atoms with van der Waals surface area (Å²) in [6.07, 6.45) is 5.80. The number of nitrogens with two attached hydrogens (primary N) is 1. The van der Waals surface area contributed by atoms with Gasteiger partial charge in [-0.05, 0) is 43.5 Å². The van der Waals surface area contributed by atoms with Crippen molar-refractivity contribution in [1.29, 1.82) is 0 Å². The number of benzene rings is 1. The van der Waals surface area contributed by atoms with E-state index in [1.165, 1.54) is 0 Å². The number of aryl methyl sites for hydroxylation is 1. The molecular formula is C18H22ClN3O2. The van der Waals surface area contributed by atoms with Crippen LogP contribution in [0.3, 0.4) is 0 Å². The Labute approximate surface area is 146 Å². The number of halogens is 1. The van der Waals surface area contributed by atoms with Gasteiger partial charge in [0, 0.05) is 42.6 Å². The van der Waals surface area contributed by atoms with Crippen molar-refractivity contribution in [3.05, 3.63) is 41.4 Å². The molecule has 0 radical (unpaired) electrons. The summed E-state index contributed by atoms with van der Waals surface area (Å²) in [6, 6.07) is 7.58. The summed E-state index contributed by atoms with van der Waals surface area (Å²) in [4.78, 5) is 18.6. The molecule has 1 unspecified atom stereocenters. The van der Waals surface area contributed by atoms with E-state index in [1.807, 2.05) is 29.2 Å². The summed E-state index contributed by atoms with van der Waals surface area (Å²) in [5.74, 6) is 1.40. The number of carbonyl (C=O) groups is 1. The van der Waals surface area contributed by atoms with Gasteiger partial charge in [-0.3, -0.25) is 4.79 Å². The van der Waals surface area contributed by atoms with E-state index in [0.717, 1.165) is 31.4 Å². The molecule has 1 atom stereocenters. The smallest absolute Gasteiger partial charge is 0.223 e. The lowest BCUT2D eigenvalue weighted by atomic mass is 10.0. The fourth-order valence-electron chi connectivity index (χ4n) is 3.10. The first kappa shape index (κ1) is 17.0. The maximum Gasteiger partial charge on any atom is 0.223 e. The highest BCUT2D eigenvalue weighted by Crippen LogP contribution is 2.23. The highest BCUT2D eigenvalue weighted by atomic mass is 35.5. The zero-order valence-electron chi connectivity index (χ0n) is 13.6. The van der Waals surface area contributed by atoms with Gasteiger partial charge in [0.15, 0.2) is 11.7 Å². The highest BCUT2D eigenvalue weighted by Gasteiger charge is 2.25. The third kappa shape index (κ3) is 3.97. The largest absolute Gasteiger partial charge is 0.441 e. The lowest BCUT2D eigenvalue weighted by Gasteiger charge is -2.35. The van der Waals surface area contributed by atoms with E-state index in [9.17, 15) is 4.79 Å². The second-order valence-electron chi connectivity index (χ2n) is 6.10. The van der Waals surface area contributed by atoms with Crippen LogP contribution in [0.25, 0.3) is 11.3 Å². The van der Waals surface area contributed by atoms with Gasteiger partial charge in [-0.2, -0.15) is 0 Å². The van der Waals surface area contributed by atoms with Crippen LogP contribution in [0.1, 0.15) is 31.6 Å². The SMILES string of the molecule is NCC1CCCCN1C(=O)CCc1ncc(-c2ccc(Cl)cc2)o1. The van der Waals surface area contributed by atoms with Crippen LogP contribution in [0.5, 0.6) is 0 Å². The number of oxazole rings is 1. The molecule has 1 saturated heterocycles. The number of aromatic nitrogens is 1. The van der Waals surface area contributed by atoms with E-state index in [0.29, 0.717) is 36.1 Å². The molecule has 1 aliphatic rings. The second-order valence-corrected chi connectivity index (χ2v) is 6.53. The van der Waals surface area contributed by atoms with Gasteiger partial charge >= 0.3 is 0 Å². The van der Waals surface area contributed by atoms with Gasteiger partial charge in [0.1, 0.15) is 0 Å². The molecule has 2 N–H and O–H groups in total. The molecule has 0 bridgehead atoms. The molecule has 1 aromatic heterocycles. The minimum absolute atomic E-state index is 0.136. The summed E-state index contributed by atoms with van der Waals surface area (Å²) in [5, 5.41) is 0.681. The molecule has 24 heavy (non-hydrogen) atoms. The fourth-order valence-corrected chi connectivity index (χ4v) is 3.23. The summed E-state index contributed by atoms with van der Waals surface area (Å²) < 4.78 is 5.75. The molecule has 0 spiro atoms. The van der Waals surface area contributed by atoms with Crippen molar-refractivity contribution in [2.75, 3.05) is 13.1 Å². The zero-order chi connectivity index (χ0) is 16.9. The molecule has 5 nitrogen and oxygen atoms in total. The summed E-state index contributed by atoms with van der Waals surface area (Å²) in [6.45, 7) is 1.34. The van der Waals surface area contributed by atoms with E-state index < -0.39 is 0 Å². The highest BCUT2D eigenvalue weighted by molar-refractivity contribution is 6.30. The molecule has 1 aromatic carbocycles. The number of nitrogens with zero attached hydrogens (tertiary/aromatic N) is 2. The van der Waals surface area contributed by atoms with Crippen molar-refractivity contribution in [3.8, 4) is 11.3 Å². The molecule has 3 rings (SSSR count). The fraction of sp³-hybridized carbons (Fsp3) is 0.444. The summed E-state index contributed by atoms with van der Waals surface area (Å²) >= 11 is 5.89. The zero-order valence-corrected chi connectivity index (χ0v) is 14.3. The predicted octanol–water partition coefficient (Wildman–Crippen LogP) is 3.27. The number of hydrogen-bond acceptors (Lipinski definition) is 4. The van der Waals surface area contributed by atoms with E-state index >= 15 is 0 Å². The average Bonchev–Trinajstić information content (AvgIpc) is 3.09. The number of rotatable bonds is 5. The standard InChI is InChI=1S/C18H22ClN3O2/c19-14-6-4-13(5-7-14)16-12-21-17(24-16)8-9-18(23)22-10-2-1-3-15(22)11-20/h4-7,12,15H,1-3,8-11,20H2. The first-order valence-corrected chi connectivity index (χ1v) is 8.75. The van der Waals surface area contributed by atoms with Crippen LogP contribution in [-0.4, -0.2) is 34.9 Å². The second kappa shape index (κ2) is 7.81. The minimum atomic E-state index is 0.136. The van der Waals surface area contributed by atoms with E-state index in [1.54, 1.807) is 6.20 Å². The van der Waals surface area contributed by atoms with Crippen molar-refractivity contribution >= 4 is 17.5 Å². The minimum Gasteiger partial charge on any atom is -0.441 e. The Kier molecular flexibility index (Phi) is 5.53. The Balaban J connectivity index is 1.59. The molecule has 1 amide bonds. The van der Waals surface area contributed by atoms with Crippen molar-refractivity contribution in [3.63, 3.8) is 0 Å². The third-order valence-corrected chi connectivity index (χ3v) is 4.71. The molecule has 0 saturated carbocycles. The van der Waals surface area contributed by atoms with Crippen LogP contribution in [0.15, 0.2) is 34.9 Å². The topological polar surface area (TPSA) is 72.4 Å². The van der Waals surface area contributed by atoms with Crippen LogP contribution in [0.2, 0.25) is 5.02 Å². The Morgan fingerprint density at radius 1 is 1.33 bits per heavy atom. The Morgan fingerprint density at radius 3 is 2.88 bits per heavy atom. The molecule has 0 aliphatic carbocycles. The number of amides is 1. The van der Waals surface area contributed by atoms with Gasteiger partial charge in [-0.25, -0.2) is 4.98 Å². The lowest BCUT2D eigenvalue weighted by Crippen LogP contribution is -2.47. The van der Waals surface area contributed by atoms with E-state index in [4.69, 9.17) is 21.8 Å². The van der Waals surface area contributed by atoms with Gasteiger partial charge in [-0.15, -0.1) is 0 Å². The molecular weight excluding hydrogens is 326 g/mol. The average molecular weight is 348 g/mol. The van der Waals surface area contributed by atoms with Crippen molar-refractivity contribution < 1.29 is 9.21 Å². The van der Waals surface area contributed by atoms with Gasteiger partial charge < -0.3 is 15.1 Å². The van der Waals surface area contributed by atoms with Crippen molar-refractivity contribution in [1.82, 2.24) is 9.88 Å². The normalized spacial score (nSPS) is 17.9. The summed E-state index contributed by atoms with van der Waals surface area (Å²) in [5.41, 5.74) is 6.70. The lowest BCUT2D eigenvalue weighted by molar-refractivity contribution is -0.134. The van der Waals surface area contributed by atoms with Gasteiger partial charge in [0.25, 0.3) is 0 Å². The number of piperidine rings is 1. The molecule has 128 valence electrons. The van der Waals surface area contributed by atoms with Gasteiger partial charge in [0.2, 0.25) is 5.91 Å². The van der Waals surface area contributed by atoms with Crippen LogP contribution < -0.4 is 5.73 Å². The van der Waals surface area contributed by atoms with Gasteiger partial charge in [0.05, 0.1) is 6.20 Å². The third-order valence-electron chi connectivity index (χ3n) is 4.45. The number of likely N-dealkylation sites (tertiary alicyclic amines) is 1. The first-order valence-electron chi connectivity index (χ1n) is 8.37. The van der Waals surface area contributed by atoms with Crippen molar-refractivity contribution in [2.45, 2.75) is 38.1 Å². The van der Waals surface area contributed by atoms with E-state index in [-0.39, 0.29) is 11.9 Å². The molecule has 2 aromatic rings. The Hall–Kier alpha value is -1.85. The number of hydrogen-bond donors (Lipinski definition) is 1. The van der Waals surface area contributed by atoms with Crippen LogP contribution in [-0.2, 0) is 11.2 Å². The first-order chi connectivity index (χ1) is 11.7. The maximum atomic E-state index is 12.4. The van der Waals surface area contributed by atoms with Crippen molar-refractivity contribution in [2.24, 2.45) is 5.73 Å². The quantitative estimate of drug-likeness (QED) is 0.901. The molecule has 1 aliphatic heterocycles. The monoisotopic (exact) mass is 347 g/mol. The van der Waals surface area contributed by atoms with Crippen LogP contribution >= 0.6 is 11.6 Å². The van der Waals surface area contributed by atoms with Crippen LogP contribution in [0, 0.1) is 0 Å². The Morgan fingerprint density at radius 2 is 2.12 bits per heavy atom. The maximum absolute atomic E-state index is 12.4. The predicted molar refractivity (Wildman–Crippen MR) is 93.7 cm³/mol.